The van der Waals surface area contributed by atoms with Crippen molar-refractivity contribution in [3.63, 3.8) is 0 Å². The van der Waals surface area contributed by atoms with Crippen LogP contribution in [-0.2, 0) is 6.61 Å². The Balaban J connectivity index is 1.52. The predicted octanol–water partition coefficient (Wildman–Crippen LogP) is 4.51. The van der Waals surface area contributed by atoms with Gasteiger partial charge in [-0.3, -0.25) is 0 Å². The largest absolute Gasteiger partial charge is 0.484 e. The molecule has 0 N–H and O–H groups in total. The fraction of sp³-hybridized carbons (Fsp3) is 0.368. The van der Waals surface area contributed by atoms with Crippen molar-refractivity contribution in [1.82, 2.24) is 9.97 Å². The predicted molar refractivity (Wildman–Crippen MR) is 98.8 cm³/mol. The van der Waals surface area contributed by atoms with Gasteiger partial charge in [0.2, 0.25) is 0 Å². The van der Waals surface area contributed by atoms with Crippen molar-refractivity contribution in [2.24, 2.45) is 5.92 Å². The molecule has 3 heterocycles. The fourth-order valence-electron chi connectivity index (χ4n) is 3.26. The highest BCUT2D eigenvalue weighted by molar-refractivity contribution is 7.18. The fourth-order valence-corrected chi connectivity index (χ4v) is 4.08. The minimum Gasteiger partial charge on any atom is -0.484 e. The number of pyridine rings is 1. The molecule has 5 heteroatoms. The van der Waals surface area contributed by atoms with Gasteiger partial charge in [-0.15, -0.1) is 0 Å². The van der Waals surface area contributed by atoms with E-state index in [-0.39, 0.29) is 0 Å². The second-order valence-electron chi connectivity index (χ2n) is 6.39. The number of thiazole rings is 1. The molecule has 3 aromatic rings. The van der Waals surface area contributed by atoms with Gasteiger partial charge in [-0.05, 0) is 43.0 Å². The smallest absolute Gasteiger partial charge is 0.143 e. The molecule has 0 aliphatic carbocycles. The Morgan fingerprint density at radius 2 is 2.17 bits per heavy atom. The molecule has 1 aliphatic rings. The summed E-state index contributed by atoms with van der Waals surface area (Å²) in [5, 5.41) is 0.963. The maximum absolute atomic E-state index is 6.12. The number of aromatic nitrogens is 2. The number of benzene rings is 1. The molecule has 0 amide bonds. The van der Waals surface area contributed by atoms with Crippen molar-refractivity contribution in [3.8, 4) is 5.75 Å². The van der Waals surface area contributed by atoms with Crippen LogP contribution in [0.4, 0.5) is 5.69 Å². The van der Waals surface area contributed by atoms with Crippen LogP contribution in [0.25, 0.3) is 10.3 Å². The number of piperidine rings is 1. The first kappa shape index (κ1) is 15.4. The normalized spacial score (nSPS) is 18.0. The molecule has 0 radical (unpaired) electrons. The van der Waals surface area contributed by atoms with Crippen molar-refractivity contribution >= 4 is 27.4 Å². The average Bonchev–Trinajstić information content (AvgIpc) is 3.03. The number of rotatable bonds is 4. The first-order valence-corrected chi connectivity index (χ1v) is 9.28. The Morgan fingerprint density at radius 3 is 3.04 bits per heavy atom. The SMILES string of the molecule is C[C@@H]1CCCN(c2ccccc2OCc2nc3cccnc3s2)C1. The highest BCUT2D eigenvalue weighted by Crippen LogP contribution is 2.32. The van der Waals surface area contributed by atoms with Gasteiger partial charge in [0.1, 0.15) is 27.7 Å². The van der Waals surface area contributed by atoms with E-state index in [1.54, 1.807) is 17.5 Å². The Bertz CT molecular complexity index is 799. The third kappa shape index (κ3) is 3.22. The Kier molecular flexibility index (Phi) is 4.34. The van der Waals surface area contributed by atoms with Crippen LogP contribution in [-0.4, -0.2) is 23.1 Å². The summed E-state index contributed by atoms with van der Waals surface area (Å²) >= 11 is 1.60. The molecular formula is C19H21N3OS. The molecule has 1 aromatic carbocycles. The lowest BCUT2D eigenvalue weighted by Gasteiger charge is -2.33. The quantitative estimate of drug-likeness (QED) is 0.701. The zero-order chi connectivity index (χ0) is 16.4. The van der Waals surface area contributed by atoms with E-state index < -0.39 is 0 Å². The molecule has 4 rings (SSSR count). The maximum atomic E-state index is 6.12. The van der Waals surface area contributed by atoms with E-state index in [1.165, 1.54) is 18.5 Å². The van der Waals surface area contributed by atoms with Crippen molar-refractivity contribution < 1.29 is 4.74 Å². The minimum absolute atomic E-state index is 0.488. The molecule has 4 nitrogen and oxygen atoms in total. The summed E-state index contributed by atoms with van der Waals surface area (Å²) < 4.78 is 6.12. The molecule has 1 atom stereocenters. The van der Waals surface area contributed by atoms with Gasteiger partial charge < -0.3 is 9.64 Å². The van der Waals surface area contributed by atoms with E-state index in [4.69, 9.17) is 4.74 Å². The number of fused-ring (bicyclic) bond motifs is 1. The highest BCUT2D eigenvalue weighted by Gasteiger charge is 2.19. The number of hydrogen-bond acceptors (Lipinski definition) is 5. The number of anilines is 1. The van der Waals surface area contributed by atoms with Gasteiger partial charge in [-0.25, -0.2) is 9.97 Å². The lowest BCUT2D eigenvalue weighted by atomic mass is 9.99. The van der Waals surface area contributed by atoms with E-state index in [0.29, 0.717) is 6.61 Å². The van der Waals surface area contributed by atoms with Crippen LogP contribution in [0.1, 0.15) is 24.8 Å². The lowest BCUT2D eigenvalue weighted by molar-refractivity contribution is 0.304. The molecule has 1 fully saturated rings. The number of hydrogen-bond donors (Lipinski definition) is 0. The maximum Gasteiger partial charge on any atom is 0.143 e. The molecule has 124 valence electrons. The van der Waals surface area contributed by atoms with Crippen molar-refractivity contribution in [1.29, 1.82) is 0 Å². The van der Waals surface area contributed by atoms with Crippen LogP contribution in [0.5, 0.6) is 5.75 Å². The minimum atomic E-state index is 0.488. The number of para-hydroxylation sites is 2. The van der Waals surface area contributed by atoms with Crippen molar-refractivity contribution in [3.05, 3.63) is 47.6 Å². The van der Waals surface area contributed by atoms with Crippen molar-refractivity contribution in [2.45, 2.75) is 26.4 Å². The average molecular weight is 339 g/mol. The van der Waals surface area contributed by atoms with E-state index >= 15 is 0 Å². The topological polar surface area (TPSA) is 38.2 Å². The molecule has 24 heavy (non-hydrogen) atoms. The summed E-state index contributed by atoms with van der Waals surface area (Å²) in [6, 6.07) is 12.2. The Labute approximate surface area is 146 Å². The molecule has 2 aromatic heterocycles. The third-order valence-electron chi connectivity index (χ3n) is 4.42. The van der Waals surface area contributed by atoms with Gasteiger partial charge in [-0.2, -0.15) is 0 Å². The number of ether oxygens (including phenoxy) is 1. The first-order chi connectivity index (χ1) is 11.8. The second kappa shape index (κ2) is 6.77. The number of nitrogens with zero attached hydrogens (tertiary/aromatic N) is 3. The van der Waals surface area contributed by atoms with Crippen LogP contribution in [0, 0.1) is 5.92 Å². The van der Waals surface area contributed by atoms with E-state index in [0.717, 1.165) is 40.1 Å². The van der Waals surface area contributed by atoms with Crippen molar-refractivity contribution in [2.75, 3.05) is 18.0 Å². The van der Waals surface area contributed by atoms with E-state index in [2.05, 4.69) is 40.0 Å². The summed E-state index contributed by atoms with van der Waals surface area (Å²) in [4.78, 5) is 12.4. The summed E-state index contributed by atoms with van der Waals surface area (Å²) in [6.07, 6.45) is 4.37. The van der Waals surface area contributed by atoms with Gasteiger partial charge in [0, 0.05) is 19.3 Å². The summed E-state index contributed by atoms with van der Waals surface area (Å²) in [5.74, 6) is 1.68. The Morgan fingerprint density at radius 1 is 1.25 bits per heavy atom. The zero-order valence-corrected chi connectivity index (χ0v) is 14.6. The van der Waals surface area contributed by atoms with Crippen LogP contribution in [0.15, 0.2) is 42.6 Å². The van der Waals surface area contributed by atoms with Gasteiger partial charge >= 0.3 is 0 Å². The standard InChI is InChI=1S/C19H21N3OS/c1-14-6-5-11-22(12-14)16-8-2-3-9-17(16)23-13-18-21-15-7-4-10-20-19(15)24-18/h2-4,7-10,14H,5-6,11-13H2,1H3/t14-/m1/s1. The van der Waals surface area contributed by atoms with Gasteiger partial charge in [0.15, 0.2) is 0 Å². The summed E-state index contributed by atoms with van der Waals surface area (Å²) in [7, 11) is 0. The van der Waals surface area contributed by atoms with Crippen LogP contribution in [0.3, 0.4) is 0 Å². The molecule has 1 aliphatic heterocycles. The van der Waals surface area contributed by atoms with E-state index in [1.807, 2.05) is 18.2 Å². The molecule has 1 saturated heterocycles. The third-order valence-corrected chi connectivity index (χ3v) is 5.38. The van der Waals surface area contributed by atoms with Crippen LogP contribution >= 0.6 is 11.3 Å². The highest BCUT2D eigenvalue weighted by atomic mass is 32.1. The molecule has 0 saturated carbocycles. The first-order valence-electron chi connectivity index (χ1n) is 8.47. The monoisotopic (exact) mass is 339 g/mol. The van der Waals surface area contributed by atoms with Gasteiger partial charge in [0.25, 0.3) is 0 Å². The molecule has 0 spiro atoms. The van der Waals surface area contributed by atoms with E-state index in [9.17, 15) is 0 Å². The van der Waals surface area contributed by atoms with Crippen LogP contribution < -0.4 is 9.64 Å². The summed E-state index contributed by atoms with van der Waals surface area (Å²) in [6.45, 7) is 5.02. The zero-order valence-electron chi connectivity index (χ0n) is 13.8. The lowest BCUT2D eigenvalue weighted by Crippen LogP contribution is -2.34. The van der Waals surface area contributed by atoms with Gasteiger partial charge in [-0.1, -0.05) is 30.4 Å². The van der Waals surface area contributed by atoms with Crippen LogP contribution in [0.2, 0.25) is 0 Å². The second-order valence-corrected chi connectivity index (χ2v) is 7.45. The molecule has 0 bridgehead atoms. The summed E-state index contributed by atoms with van der Waals surface area (Å²) in [5.41, 5.74) is 2.14. The Hall–Kier alpha value is -2.14. The molecule has 0 unspecified atom stereocenters. The molecular weight excluding hydrogens is 318 g/mol. The van der Waals surface area contributed by atoms with Gasteiger partial charge in [0.05, 0.1) is 5.69 Å².